The van der Waals surface area contributed by atoms with Crippen molar-refractivity contribution in [2.75, 3.05) is 0 Å². The molecule has 0 saturated heterocycles. The van der Waals surface area contributed by atoms with Gasteiger partial charge in [-0.1, -0.05) is 0 Å². The molecule has 3 aromatic rings. The molecule has 6 nitrogen and oxygen atoms in total. The molecule has 1 N–H and O–H groups in total. The van der Waals surface area contributed by atoms with Crippen LogP contribution in [0.2, 0.25) is 0 Å². The van der Waals surface area contributed by atoms with Gasteiger partial charge in [-0.2, -0.15) is 13.2 Å². The van der Waals surface area contributed by atoms with Crippen LogP contribution in [-0.4, -0.2) is 28.0 Å². The number of pyridine rings is 1. The highest BCUT2D eigenvalue weighted by Crippen LogP contribution is 2.40. The third-order valence-electron chi connectivity index (χ3n) is 6.49. The van der Waals surface area contributed by atoms with Crippen LogP contribution in [0.15, 0.2) is 48.5 Å². The number of ether oxygens (including phenoxy) is 3. The van der Waals surface area contributed by atoms with Gasteiger partial charge in [0.05, 0.1) is 11.3 Å². The van der Waals surface area contributed by atoms with Gasteiger partial charge in [-0.3, -0.25) is 4.98 Å². The predicted molar refractivity (Wildman–Crippen MR) is 136 cm³/mol. The second kappa shape index (κ2) is 11.1. The van der Waals surface area contributed by atoms with Crippen LogP contribution in [0.3, 0.4) is 0 Å². The molecule has 0 unspecified atom stereocenters. The minimum absolute atomic E-state index is 0.0336. The molecule has 0 atom stereocenters. The van der Waals surface area contributed by atoms with Crippen LogP contribution < -0.4 is 14.2 Å². The lowest BCUT2D eigenvalue weighted by Crippen LogP contribution is -2.38. The van der Waals surface area contributed by atoms with Crippen molar-refractivity contribution in [1.82, 2.24) is 4.98 Å². The molecule has 1 aliphatic rings. The molecular weight excluding hydrogens is 556 g/mol. The molecule has 12 heteroatoms. The fraction of sp³-hybridized carbons (Fsp3) is 0.379. The van der Waals surface area contributed by atoms with Gasteiger partial charge < -0.3 is 19.3 Å². The first-order valence-electron chi connectivity index (χ1n) is 12.6. The van der Waals surface area contributed by atoms with E-state index in [1.54, 1.807) is 6.92 Å². The lowest BCUT2D eigenvalue weighted by Gasteiger charge is -2.23. The van der Waals surface area contributed by atoms with Gasteiger partial charge in [0.25, 0.3) is 0 Å². The number of benzene rings is 2. The molecule has 1 heterocycles. The van der Waals surface area contributed by atoms with Crippen LogP contribution in [0, 0.1) is 12.8 Å². The Kier molecular flexibility index (Phi) is 8.15. The molecule has 2 aromatic carbocycles. The minimum Gasteiger partial charge on any atom is -0.489 e. The normalized spacial score (nSPS) is 14.1. The lowest BCUT2D eigenvalue weighted by molar-refractivity contribution is -0.274. The third kappa shape index (κ3) is 7.83. The number of rotatable bonds is 10. The molecule has 1 saturated carbocycles. The number of hydrogen-bond donors (Lipinski definition) is 1. The molecule has 1 aromatic heterocycles. The number of aryl methyl sites for hydroxylation is 1. The Morgan fingerprint density at radius 1 is 0.951 bits per heavy atom. The molecular formula is C29H27F6NO5. The third-order valence-corrected chi connectivity index (χ3v) is 6.49. The average molecular weight is 584 g/mol. The summed E-state index contributed by atoms with van der Waals surface area (Å²) in [5.41, 5.74) is -1.68. The smallest absolute Gasteiger partial charge is 0.489 e. The van der Waals surface area contributed by atoms with Crippen molar-refractivity contribution in [2.45, 2.75) is 64.8 Å². The topological polar surface area (TPSA) is 77.9 Å². The van der Waals surface area contributed by atoms with Crippen LogP contribution in [0.25, 0.3) is 11.3 Å². The summed E-state index contributed by atoms with van der Waals surface area (Å²) >= 11 is 0. The van der Waals surface area contributed by atoms with E-state index >= 15 is 0 Å². The van der Waals surface area contributed by atoms with E-state index in [9.17, 15) is 36.2 Å². The zero-order valence-electron chi connectivity index (χ0n) is 22.3. The molecule has 0 amide bonds. The van der Waals surface area contributed by atoms with Crippen molar-refractivity contribution in [2.24, 2.45) is 5.92 Å². The summed E-state index contributed by atoms with van der Waals surface area (Å²) in [4.78, 5) is 15.9. The maximum Gasteiger partial charge on any atom is 0.573 e. The Labute approximate surface area is 231 Å². The van der Waals surface area contributed by atoms with E-state index in [-0.39, 0.29) is 39.9 Å². The van der Waals surface area contributed by atoms with Gasteiger partial charge >= 0.3 is 18.5 Å². The van der Waals surface area contributed by atoms with Crippen LogP contribution in [-0.2, 0) is 24.0 Å². The Morgan fingerprint density at radius 3 is 2.12 bits per heavy atom. The van der Waals surface area contributed by atoms with Crippen LogP contribution in [0.1, 0.15) is 49.1 Å². The summed E-state index contributed by atoms with van der Waals surface area (Å²) in [6.45, 7) is 3.99. The molecule has 0 spiro atoms. The van der Waals surface area contributed by atoms with Crippen molar-refractivity contribution >= 4 is 5.97 Å². The summed E-state index contributed by atoms with van der Waals surface area (Å²) in [5, 5.41) is 9.29. The standard InChI is InChI=1S/C29H27F6NO5/c1-16-12-20(10-11-25(16)41-27(2,3)26(37)38)39-15-21-22(28(30,31)32)14-23(36-24(21)13-17-4-5-17)18-6-8-19(9-7-18)40-29(33,34)35/h6-12,14,17H,4-5,13,15H2,1-3H3,(H,37,38). The van der Waals surface area contributed by atoms with Gasteiger partial charge in [-0.05, 0) is 100 Å². The number of carbonyl (C=O) groups is 1. The molecule has 1 aliphatic carbocycles. The van der Waals surface area contributed by atoms with Gasteiger partial charge in [0.15, 0.2) is 5.60 Å². The van der Waals surface area contributed by atoms with Crippen molar-refractivity contribution in [3.05, 3.63) is 70.9 Å². The minimum atomic E-state index is -4.90. The van der Waals surface area contributed by atoms with Crippen LogP contribution in [0.4, 0.5) is 26.3 Å². The summed E-state index contributed by atoms with van der Waals surface area (Å²) in [7, 11) is 0. The van der Waals surface area contributed by atoms with Crippen molar-refractivity contribution in [1.29, 1.82) is 0 Å². The Hall–Kier alpha value is -3.96. The van der Waals surface area contributed by atoms with Crippen molar-refractivity contribution in [3.8, 4) is 28.5 Å². The number of carboxylic acid groups (broad SMARTS) is 1. The van der Waals surface area contributed by atoms with Gasteiger partial charge in [0, 0.05) is 16.8 Å². The fourth-order valence-corrected chi connectivity index (χ4v) is 4.08. The summed E-state index contributed by atoms with van der Waals surface area (Å²) < 4.78 is 95.6. The number of nitrogens with zero attached hydrogens (tertiary/aromatic N) is 1. The molecule has 4 rings (SSSR count). The van der Waals surface area contributed by atoms with E-state index in [4.69, 9.17) is 9.47 Å². The first-order chi connectivity index (χ1) is 19.0. The molecule has 220 valence electrons. The maximum absolute atomic E-state index is 14.3. The molecule has 41 heavy (non-hydrogen) atoms. The SMILES string of the molecule is Cc1cc(OCc2c(C(F)(F)F)cc(-c3ccc(OC(F)(F)F)cc3)nc2CC2CC2)ccc1OC(C)(C)C(=O)O. The maximum atomic E-state index is 14.3. The van der Waals surface area contributed by atoms with E-state index in [2.05, 4.69) is 9.72 Å². The van der Waals surface area contributed by atoms with E-state index < -0.39 is 42.0 Å². The van der Waals surface area contributed by atoms with Gasteiger partial charge in [0.2, 0.25) is 0 Å². The Morgan fingerprint density at radius 2 is 1.59 bits per heavy atom. The largest absolute Gasteiger partial charge is 0.573 e. The predicted octanol–water partition coefficient (Wildman–Crippen LogP) is 7.75. The fourth-order valence-electron chi connectivity index (χ4n) is 4.08. The zero-order chi connectivity index (χ0) is 30.2. The summed E-state index contributed by atoms with van der Waals surface area (Å²) in [6.07, 6.45) is -7.66. The number of hydrogen-bond acceptors (Lipinski definition) is 5. The number of aromatic nitrogens is 1. The summed E-state index contributed by atoms with van der Waals surface area (Å²) in [6, 6.07) is 9.83. The second-order valence-electron chi connectivity index (χ2n) is 10.3. The average Bonchev–Trinajstić information content (AvgIpc) is 3.67. The van der Waals surface area contributed by atoms with Crippen molar-refractivity contribution < 1.29 is 50.5 Å². The Balaban J connectivity index is 1.64. The Bertz CT molecular complexity index is 1410. The highest BCUT2D eigenvalue weighted by atomic mass is 19.4. The molecule has 0 bridgehead atoms. The van der Waals surface area contributed by atoms with E-state index in [1.807, 2.05) is 0 Å². The molecule has 0 aliphatic heterocycles. The van der Waals surface area contributed by atoms with Crippen LogP contribution in [0.5, 0.6) is 17.2 Å². The number of carboxylic acids is 1. The van der Waals surface area contributed by atoms with Crippen LogP contribution >= 0.6 is 0 Å². The van der Waals surface area contributed by atoms with E-state index in [0.29, 0.717) is 12.0 Å². The second-order valence-corrected chi connectivity index (χ2v) is 10.3. The number of halogens is 6. The lowest BCUT2D eigenvalue weighted by atomic mass is 9.99. The highest BCUT2D eigenvalue weighted by molar-refractivity contribution is 5.76. The highest BCUT2D eigenvalue weighted by Gasteiger charge is 2.37. The first kappa shape index (κ1) is 30.0. The zero-order valence-corrected chi connectivity index (χ0v) is 22.3. The molecule has 0 radical (unpaired) electrons. The first-order valence-corrected chi connectivity index (χ1v) is 12.6. The molecule has 1 fully saturated rings. The van der Waals surface area contributed by atoms with E-state index in [1.165, 1.54) is 44.2 Å². The van der Waals surface area contributed by atoms with Gasteiger partial charge in [-0.25, -0.2) is 4.79 Å². The van der Waals surface area contributed by atoms with Gasteiger partial charge in [-0.15, -0.1) is 13.2 Å². The quantitative estimate of drug-likeness (QED) is 0.246. The summed E-state index contributed by atoms with van der Waals surface area (Å²) in [5.74, 6) is -0.956. The van der Waals surface area contributed by atoms with Gasteiger partial charge in [0.1, 0.15) is 23.9 Å². The monoisotopic (exact) mass is 583 g/mol. The number of aliphatic carboxylic acids is 1. The van der Waals surface area contributed by atoms with E-state index in [0.717, 1.165) is 31.0 Å². The number of alkyl halides is 6. The van der Waals surface area contributed by atoms with Crippen molar-refractivity contribution in [3.63, 3.8) is 0 Å².